The van der Waals surface area contributed by atoms with E-state index in [1.807, 2.05) is 30.3 Å². The van der Waals surface area contributed by atoms with Gasteiger partial charge >= 0.3 is 6.01 Å². The van der Waals surface area contributed by atoms with Crippen molar-refractivity contribution in [1.82, 2.24) is 15.0 Å². The first-order valence-corrected chi connectivity index (χ1v) is 3.80. The predicted octanol–water partition coefficient (Wildman–Crippen LogP) is 1.24. The molecular formula is C9H7N3O. The monoisotopic (exact) mass is 173 g/mol. The smallest absolute Gasteiger partial charge is 0.317 e. The summed E-state index contributed by atoms with van der Waals surface area (Å²) >= 11 is 0. The summed E-state index contributed by atoms with van der Waals surface area (Å²) in [6, 6.07) is 9.16. The minimum absolute atomic E-state index is 0.256. The second-order valence-corrected chi connectivity index (χ2v) is 2.48. The van der Waals surface area contributed by atoms with E-state index in [4.69, 9.17) is 5.11 Å². The van der Waals surface area contributed by atoms with Gasteiger partial charge in [-0.3, -0.25) is 0 Å². The van der Waals surface area contributed by atoms with Gasteiger partial charge < -0.3 is 5.11 Å². The average Bonchev–Trinajstić information content (AvgIpc) is 2.19. The summed E-state index contributed by atoms with van der Waals surface area (Å²) in [7, 11) is 0. The number of aromatic hydroxyl groups is 1. The van der Waals surface area contributed by atoms with Crippen LogP contribution in [-0.2, 0) is 0 Å². The highest BCUT2D eigenvalue weighted by molar-refractivity contribution is 5.53. The maximum atomic E-state index is 9.01. The number of rotatable bonds is 1. The summed E-state index contributed by atoms with van der Waals surface area (Å²) in [5, 5.41) is 9.01. The zero-order valence-electron chi connectivity index (χ0n) is 6.75. The van der Waals surface area contributed by atoms with Crippen LogP contribution in [-0.4, -0.2) is 20.1 Å². The summed E-state index contributed by atoms with van der Waals surface area (Å²) in [5.74, 6) is 0.480. The number of hydrogen-bond donors (Lipinski definition) is 1. The van der Waals surface area contributed by atoms with Crippen molar-refractivity contribution in [2.24, 2.45) is 0 Å². The second-order valence-electron chi connectivity index (χ2n) is 2.48. The van der Waals surface area contributed by atoms with Gasteiger partial charge in [0.2, 0.25) is 0 Å². The van der Waals surface area contributed by atoms with E-state index in [2.05, 4.69) is 15.0 Å². The largest absolute Gasteiger partial charge is 0.479 e. The van der Waals surface area contributed by atoms with Crippen molar-refractivity contribution in [3.63, 3.8) is 0 Å². The lowest BCUT2D eigenvalue weighted by Crippen LogP contribution is -1.89. The fourth-order valence-electron chi connectivity index (χ4n) is 1.01. The van der Waals surface area contributed by atoms with E-state index in [1.165, 1.54) is 6.33 Å². The van der Waals surface area contributed by atoms with Crippen molar-refractivity contribution in [2.75, 3.05) is 0 Å². The van der Waals surface area contributed by atoms with Gasteiger partial charge in [0, 0.05) is 5.56 Å². The maximum absolute atomic E-state index is 9.01. The Labute approximate surface area is 74.9 Å². The minimum Gasteiger partial charge on any atom is -0.479 e. The zero-order chi connectivity index (χ0) is 9.10. The number of nitrogens with zero attached hydrogens (tertiary/aromatic N) is 3. The molecule has 2 rings (SSSR count). The van der Waals surface area contributed by atoms with Crippen molar-refractivity contribution in [3.8, 4) is 17.4 Å². The Bertz CT molecular complexity index is 403. The molecule has 1 aromatic heterocycles. The van der Waals surface area contributed by atoms with Gasteiger partial charge in [0.15, 0.2) is 5.82 Å². The lowest BCUT2D eigenvalue weighted by molar-refractivity contribution is 0.428. The van der Waals surface area contributed by atoms with Crippen LogP contribution in [0.5, 0.6) is 6.01 Å². The van der Waals surface area contributed by atoms with Crippen LogP contribution in [0.25, 0.3) is 11.4 Å². The summed E-state index contributed by atoms with van der Waals surface area (Å²) in [5.41, 5.74) is 0.861. The van der Waals surface area contributed by atoms with Gasteiger partial charge in [-0.2, -0.15) is 9.97 Å². The van der Waals surface area contributed by atoms with Crippen LogP contribution >= 0.6 is 0 Å². The second kappa shape index (κ2) is 3.18. The summed E-state index contributed by atoms with van der Waals surface area (Å²) in [6.07, 6.45) is 1.28. The van der Waals surface area contributed by atoms with Crippen LogP contribution in [0.2, 0.25) is 0 Å². The first kappa shape index (κ1) is 7.67. The molecule has 0 radical (unpaired) electrons. The van der Waals surface area contributed by atoms with Gasteiger partial charge in [-0.15, -0.1) is 0 Å². The van der Waals surface area contributed by atoms with Crippen molar-refractivity contribution >= 4 is 0 Å². The molecule has 4 heteroatoms. The predicted molar refractivity (Wildman–Crippen MR) is 46.9 cm³/mol. The van der Waals surface area contributed by atoms with Crippen LogP contribution in [0.4, 0.5) is 0 Å². The van der Waals surface area contributed by atoms with E-state index in [-0.39, 0.29) is 6.01 Å². The Morgan fingerprint density at radius 3 is 2.46 bits per heavy atom. The van der Waals surface area contributed by atoms with E-state index in [9.17, 15) is 0 Å². The van der Waals surface area contributed by atoms with Gasteiger partial charge in [-0.1, -0.05) is 30.3 Å². The number of hydrogen-bond acceptors (Lipinski definition) is 4. The Hall–Kier alpha value is -1.97. The van der Waals surface area contributed by atoms with Gasteiger partial charge in [-0.05, 0) is 0 Å². The molecule has 1 heterocycles. The van der Waals surface area contributed by atoms with Crippen molar-refractivity contribution in [2.45, 2.75) is 0 Å². The Morgan fingerprint density at radius 2 is 1.77 bits per heavy atom. The van der Waals surface area contributed by atoms with Crippen LogP contribution in [0.15, 0.2) is 36.7 Å². The molecule has 0 atom stereocenters. The highest BCUT2D eigenvalue weighted by atomic mass is 16.3. The maximum Gasteiger partial charge on any atom is 0.317 e. The molecular weight excluding hydrogens is 166 g/mol. The van der Waals surface area contributed by atoms with Crippen LogP contribution in [0.3, 0.4) is 0 Å². The SMILES string of the molecule is Oc1ncnc(-c2ccccc2)n1. The number of benzene rings is 1. The third kappa shape index (κ3) is 1.61. The highest BCUT2D eigenvalue weighted by Crippen LogP contribution is 2.13. The fraction of sp³-hybridized carbons (Fsp3) is 0. The molecule has 0 bridgehead atoms. The molecule has 0 aliphatic carbocycles. The molecule has 2 aromatic rings. The Balaban J connectivity index is 2.48. The summed E-state index contributed by atoms with van der Waals surface area (Å²) in [4.78, 5) is 11.2. The van der Waals surface area contributed by atoms with Gasteiger partial charge in [0.25, 0.3) is 0 Å². The quantitative estimate of drug-likeness (QED) is 0.704. The van der Waals surface area contributed by atoms with Crippen molar-refractivity contribution in [3.05, 3.63) is 36.7 Å². The molecule has 0 aliphatic rings. The molecule has 13 heavy (non-hydrogen) atoms. The van der Waals surface area contributed by atoms with E-state index < -0.39 is 0 Å². The van der Waals surface area contributed by atoms with E-state index in [0.717, 1.165) is 5.56 Å². The van der Waals surface area contributed by atoms with Crippen molar-refractivity contribution < 1.29 is 5.11 Å². The van der Waals surface area contributed by atoms with Gasteiger partial charge in [0.1, 0.15) is 6.33 Å². The molecule has 1 N–H and O–H groups in total. The third-order valence-corrected chi connectivity index (χ3v) is 1.59. The molecule has 0 fully saturated rings. The van der Waals surface area contributed by atoms with E-state index >= 15 is 0 Å². The first-order valence-electron chi connectivity index (χ1n) is 3.80. The topological polar surface area (TPSA) is 58.9 Å². The summed E-state index contributed by atoms with van der Waals surface area (Å²) in [6.45, 7) is 0. The Kier molecular flexibility index (Phi) is 1.88. The molecule has 0 spiro atoms. The third-order valence-electron chi connectivity index (χ3n) is 1.59. The minimum atomic E-state index is -0.256. The highest BCUT2D eigenvalue weighted by Gasteiger charge is 2.00. The molecule has 4 nitrogen and oxygen atoms in total. The molecule has 0 aliphatic heterocycles. The lowest BCUT2D eigenvalue weighted by atomic mass is 10.2. The fourth-order valence-corrected chi connectivity index (χ4v) is 1.01. The van der Waals surface area contributed by atoms with Crippen LogP contribution < -0.4 is 0 Å². The van der Waals surface area contributed by atoms with E-state index in [0.29, 0.717) is 5.82 Å². The molecule has 64 valence electrons. The lowest BCUT2D eigenvalue weighted by Gasteiger charge is -1.97. The molecule has 0 amide bonds. The zero-order valence-corrected chi connectivity index (χ0v) is 6.75. The first-order chi connectivity index (χ1) is 6.36. The van der Waals surface area contributed by atoms with Crippen molar-refractivity contribution in [1.29, 1.82) is 0 Å². The van der Waals surface area contributed by atoms with Gasteiger partial charge in [0.05, 0.1) is 0 Å². The standard InChI is InChI=1S/C9H7N3O/c13-9-11-6-10-8(12-9)7-4-2-1-3-5-7/h1-6H,(H,10,11,12,13). The van der Waals surface area contributed by atoms with E-state index in [1.54, 1.807) is 0 Å². The molecule has 1 aromatic carbocycles. The van der Waals surface area contributed by atoms with Gasteiger partial charge in [-0.25, -0.2) is 4.98 Å². The Morgan fingerprint density at radius 1 is 1.00 bits per heavy atom. The normalized spacial score (nSPS) is 9.85. The molecule has 0 unspecified atom stereocenters. The number of aromatic nitrogens is 3. The molecule has 0 saturated heterocycles. The summed E-state index contributed by atoms with van der Waals surface area (Å²) < 4.78 is 0. The molecule has 0 saturated carbocycles. The average molecular weight is 173 g/mol. The van der Waals surface area contributed by atoms with Crippen LogP contribution in [0.1, 0.15) is 0 Å². The van der Waals surface area contributed by atoms with Crippen LogP contribution in [0, 0.1) is 0 Å².